The maximum Gasteiger partial charge on any atom is 0.270 e. The summed E-state index contributed by atoms with van der Waals surface area (Å²) in [5.41, 5.74) is 4.65. The van der Waals surface area contributed by atoms with Gasteiger partial charge in [0.15, 0.2) is 0 Å². The zero-order valence-corrected chi connectivity index (χ0v) is 11.5. The van der Waals surface area contributed by atoms with Crippen molar-refractivity contribution in [1.29, 1.82) is 0 Å². The van der Waals surface area contributed by atoms with Crippen LogP contribution in [0.15, 0.2) is 18.2 Å². The molecule has 1 aliphatic rings. The quantitative estimate of drug-likeness (QED) is 0.741. The molecule has 3 N–H and O–H groups in total. The Labute approximate surface area is 115 Å². The minimum absolute atomic E-state index is 0.196. The van der Waals surface area contributed by atoms with E-state index < -0.39 is 17.3 Å². The molecule has 19 heavy (non-hydrogen) atoms. The number of aliphatic hydroxyl groups is 1. The van der Waals surface area contributed by atoms with Crippen molar-refractivity contribution >= 4 is 23.4 Å². The van der Waals surface area contributed by atoms with Crippen LogP contribution in [0.5, 0.6) is 0 Å². The molecule has 2 rings (SSSR count). The maximum atomic E-state index is 13.5. The summed E-state index contributed by atoms with van der Waals surface area (Å²) in [7, 11) is 0. The number of halogens is 1. The zero-order chi connectivity index (χ0) is 13.9. The van der Waals surface area contributed by atoms with Crippen LogP contribution >= 0.6 is 11.8 Å². The van der Waals surface area contributed by atoms with E-state index in [0.29, 0.717) is 12.8 Å². The molecule has 0 saturated carbocycles. The Morgan fingerprint density at radius 3 is 2.79 bits per heavy atom. The Morgan fingerprint density at radius 2 is 2.11 bits per heavy atom. The molecule has 104 valence electrons. The van der Waals surface area contributed by atoms with Crippen molar-refractivity contribution in [2.45, 2.75) is 25.4 Å². The second-order valence-corrected chi connectivity index (χ2v) is 5.93. The van der Waals surface area contributed by atoms with Gasteiger partial charge >= 0.3 is 0 Å². The topological polar surface area (TPSA) is 61.4 Å². The third-order valence-electron chi connectivity index (χ3n) is 3.18. The summed E-state index contributed by atoms with van der Waals surface area (Å²) in [5.74, 6) is 0.552. The van der Waals surface area contributed by atoms with Crippen molar-refractivity contribution in [1.82, 2.24) is 5.43 Å². The summed E-state index contributed by atoms with van der Waals surface area (Å²) in [6, 6.07) is 4.57. The number of hydrazine groups is 1. The van der Waals surface area contributed by atoms with Crippen LogP contribution in [-0.4, -0.2) is 28.1 Å². The van der Waals surface area contributed by atoms with Crippen molar-refractivity contribution in [3.63, 3.8) is 0 Å². The Morgan fingerprint density at radius 1 is 1.42 bits per heavy atom. The lowest BCUT2D eigenvalue weighted by molar-refractivity contribution is -0.139. The number of benzene rings is 1. The zero-order valence-electron chi connectivity index (χ0n) is 10.7. The predicted molar refractivity (Wildman–Crippen MR) is 74.4 cm³/mol. The second-order valence-electron chi connectivity index (χ2n) is 4.71. The van der Waals surface area contributed by atoms with Crippen molar-refractivity contribution in [3.8, 4) is 0 Å². The van der Waals surface area contributed by atoms with Gasteiger partial charge in [0.05, 0.1) is 5.69 Å². The molecule has 4 nitrogen and oxygen atoms in total. The SMILES string of the molecule is Cc1ccc(F)c(NNC(=O)C2(O)CCSCC2)c1. The molecule has 1 aromatic rings. The number of aryl methyl sites for hydroxylation is 1. The van der Waals surface area contributed by atoms with Gasteiger partial charge in [-0.2, -0.15) is 11.8 Å². The normalized spacial score (nSPS) is 17.8. The summed E-state index contributed by atoms with van der Waals surface area (Å²) in [6.45, 7) is 1.83. The first-order chi connectivity index (χ1) is 9.01. The highest BCUT2D eigenvalue weighted by Crippen LogP contribution is 2.27. The molecule has 0 spiro atoms. The van der Waals surface area contributed by atoms with E-state index in [0.717, 1.165) is 17.1 Å². The van der Waals surface area contributed by atoms with E-state index >= 15 is 0 Å². The molecule has 1 saturated heterocycles. The molecular formula is C13H17FN2O2S. The molecule has 6 heteroatoms. The average molecular weight is 284 g/mol. The fraction of sp³-hybridized carbons (Fsp3) is 0.462. The van der Waals surface area contributed by atoms with Gasteiger partial charge in [-0.15, -0.1) is 0 Å². The lowest BCUT2D eigenvalue weighted by Crippen LogP contribution is -2.50. The molecule has 0 bridgehead atoms. The van der Waals surface area contributed by atoms with Crippen molar-refractivity contribution < 1.29 is 14.3 Å². The number of nitrogens with one attached hydrogen (secondary N) is 2. The van der Waals surface area contributed by atoms with Gasteiger partial charge in [0, 0.05) is 0 Å². The standard InChI is InChI=1S/C13H17FN2O2S/c1-9-2-3-10(14)11(8-9)15-16-12(17)13(18)4-6-19-7-5-13/h2-3,8,15,18H,4-7H2,1H3,(H,16,17). The molecule has 1 aliphatic heterocycles. The van der Waals surface area contributed by atoms with E-state index in [-0.39, 0.29) is 5.69 Å². The molecule has 1 heterocycles. The Balaban J connectivity index is 1.98. The van der Waals surface area contributed by atoms with Crippen LogP contribution in [0.2, 0.25) is 0 Å². The van der Waals surface area contributed by atoms with Crippen molar-refractivity contribution in [2.75, 3.05) is 16.9 Å². The highest BCUT2D eigenvalue weighted by molar-refractivity contribution is 7.99. The van der Waals surface area contributed by atoms with Crippen LogP contribution in [-0.2, 0) is 4.79 Å². The van der Waals surface area contributed by atoms with E-state index in [4.69, 9.17) is 0 Å². The predicted octanol–water partition coefficient (Wildman–Crippen LogP) is 1.84. The fourth-order valence-corrected chi connectivity index (χ4v) is 3.08. The molecule has 0 aliphatic carbocycles. The van der Waals surface area contributed by atoms with Gasteiger partial charge in [0.25, 0.3) is 5.91 Å². The summed E-state index contributed by atoms with van der Waals surface area (Å²) in [6.07, 6.45) is 0.836. The number of carbonyl (C=O) groups excluding carboxylic acids is 1. The van der Waals surface area contributed by atoms with E-state index in [1.807, 2.05) is 6.92 Å². The first-order valence-corrected chi connectivity index (χ1v) is 7.29. The molecule has 0 unspecified atom stereocenters. The van der Waals surface area contributed by atoms with Gasteiger partial charge < -0.3 is 5.11 Å². The molecule has 1 aromatic carbocycles. The molecule has 0 aromatic heterocycles. The van der Waals surface area contributed by atoms with Crippen LogP contribution in [0, 0.1) is 12.7 Å². The molecule has 0 radical (unpaired) electrons. The minimum Gasteiger partial charge on any atom is -0.380 e. The monoisotopic (exact) mass is 284 g/mol. The third kappa shape index (κ3) is 3.39. The second kappa shape index (κ2) is 5.79. The van der Waals surface area contributed by atoms with Crippen LogP contribution < -0.4 is 10.9 Å². The highest BCUT2D eigenvalue weighted by atomic mass is 32.2. The Kier molecular flexibility index (Phi) is 4.31. The first-order valence-electron chi connectivity index (χ1n) is 6.14. The van der Waals surface area contributed by atoms with E-state index in [1.54, 1.807) is 23.9 Å². The van der Waals surface area contributed by atoms with Gasteiger partial charge in [-0.3, -0.25) is 15.6 Å². The van der Waals surface area contributed by atoms with Crippen LogP contribution in [0.1, 0.15) is 18.4 Å². The van der Waals surface area contributed by atoms with E-state index in [1.165, 1.54) is 6.07 Å². The molecule has 0 atom stereocenters. The number of anilines is 1. The van der Waals surface area contributed by atoms with Gasteiger partial charge in [-0.05, 0) is 49.0 Å². The van der Waals surface area contributed by atoms with E-state index in [2.05, 4.69) is 10.9 Å². The van der Waals surface area contributed by atoms with Gasteiger partial charge in [0.1, 0.15) is 11.4 Å². The maximum absolute atomic E-state index is 13.5. The van der Waals surface area contributed by atoms with Crippen LogP contribution in [0.3, 0.4) is 0 Å². The molecule has 1 fully saturated rings. The van der Waals surface area contributed by atoms with Gasteiger partial charge in [-0.25, -0.2) is 4.39 Å². The van der Waals surface area contributed by atoms with Crippen LogP contribution in [0.25, 0.3) is 0 Å². The number of carbonyl (C=O) groups is 1. The average Bonchev–Trinajstić information content (AvgIpc) is 2.40. The largest absolute Gasteiger partial charge is 0.380 e. The Hall–Kier alpha value is -1.27. The van der Waals surface area contributed by atoms with Crippen LogP contribution in [0.4, 0.5) is 10.1 Å². The first kappa shape index (κ1) is 14.1. The summed E-state index contributed by atoms with van der Waals surface area (Å²) in [5, 5.41) is 10.2. The molecular weight excluding hydrogens is 267 g/mol. The van der Waals surface area contributed by atoms with E-state index in [9.17, 15) is 14.3 Å². The number of hydrogen-bond acceptors (Lipinski definition) is 4. The van der Waals surface area contributed by atoms with Gasteiger partial charge in [-0.1, -0.05) is 6.07 Å². The summed E-state index contributed by atoms with van der Waals surface area (Å²) >= 11 is 1.71. The minimum atomic E-state index is -1.35. The molecule has 1 amide bonds. The highest BCUT2D eigenvalue weighted by Gasteiger charge is 2.37. The number of hydrogen-bond donors (Lipinski definition) is 3. The summed E-state index contributed by atoms with van der Waals surface area (Å²) in [4.78, 5) is 11.9. The number of thioether (sulfide) groups is 1. The third-order valence-corrected chi connectivity index (χ3v) is 4.16. The number of rotatable bonds is 3. The smallest absolute Gasteiger partial charge is 0.270 e. The lowest BCUT2D eigenvalue weighted by atomic mass is 9.96. The summed E-state index contributed by atoms with van der Waals surface area (Å²) < 4.78 is 13.5. The van der Waals surface area contributed by atoms with Gasteiger partial charge in [0.2, 0.25) is 0 Å². The van der Waals surface area contributed by atoms with Crippen molar-refractivity contribution in [3.05, 3.63) is 29.6 Å². The van der Waals surface area contributed by atoms with Crippen molar-refractivity contribution in [2.24, 2.45) is 0 Å². The Bertz CT molecular complexity index is 476. The fourth-order valence-electron chi connectivity index (χ4n) is 1.91. The number of amides is 1. The lowest BCUT2D eigenvalue weighted by Gasteiger charge is -2.30.